The van der Waals surface area contributed by atoms with Gasteiger partial charge in [-0.05, 0) is 4.48 Å². The van der Waals surface area contributed by atoms with Gasteiger partial charge in [0.15, 0.2) is 0 Å². The SMILES string of the molecule is C=C(Br)CC(NC(=O)OC)C(=O)OC. The molecule has 80 valence electrons. The molecule has 1 unspecified atom stereocenters. The van der Waals surface area contributed by atoms with E-state index < -0.39 is 18.1 Å². The fourth-order valence-electron chi connectivity index (χ4n) is 0.758. The molecule has 0 bridgehead atoms. The first kappa shape index (κ1) is 13.0. The van der Waals surface area contributed by atoms with Crippen LogP contribution in [-0.4, -0.2) is 32.3 Å². The fourth-order valence-corrected chi connectivity index (χ4v) is 1.08. The van der Waals surface area contributed by atoms with E-state index in [1.54, 1.807) is 0 Å². The minimum Gasteiger partial charge on any atom is -0.467 e. The van der Waals surface area contributed by atoms with Crippen molar-refractivity contribution in [1.29, 1.82) is 0 Å². The van der Waals surface area contributed by atoms with Crippen LogP contribution in [0.15, 0.2) is 11.1 Å². The monoisotopic (exact) mass is 265 g/mol. The Kier molecular flexibility index (Phi) is 5.94. The van der Waals surface area contributed by atoms with Crippen molar-refractivity contribution >= 4 is 28.0 Å². The van der Waals surface area contributed by atoms with Gasteiger partial charge in [-0.15, -0.1) is 0 Å². The molecule has 5 nitrogen and oxygen atoms in total. The van der Waals surface area contributed by atoms with E-state index in [1.165, 1.54) is 14.2 Å². The molecular weight excluding hydrogens is 254 g/mol. The van der Waals surface area contributed by atoms with E-state index in [9.17, 15) is 9.59 Å². The summed E-state index contributed by atoms with van der Waals surface area (Å²) in [6.45, 7) is 3.56. The number of ether oxygens (including phenoxy) is 2. The van der Waals surface area contributed by atoms with Crippen LogP contribution in [0.25, 0.3) is 0 Å². The molecule has 6 heteroatoms. The maximum atomic E-state index is 11.1. The van der Waals surface area contributed by atoms with Crippen molar-refractivity contribution < 1.29 is 19.1 Å². The number of esters is 1. The van der Waals surface area contributed by atoms with Crippen LogP contribution in [0.5, 0.6) is 0 Å². The standard InChI is InChI=1S/C8H12BrNO4/c1-5(9)4-6(7(11)13-2)10-8(12)14-3/h6H,1,4H2,2-3H3,(H,10,12). The fraction of sp³-hybridized carbons (Fsp3) is 0.500. The Morgan fingerprint density at radius 3 is 2.36 bits per heavy atom. The van der Waals surface area contributed by atoms with Crippen LogP contribution in [0.4, 0.5) is 4.79 Å². The summed E-state index contributed by atoms with van der Waals surface area (Å²) in [4.78, 5) is 22.0. The van der Waals surface area contributed by atoms with Crippen molar-refractivity contribution in [2.45, 2.75) is 12.5 Å². The molecule has 0 aliphatic heterocycles. The molecule has 1 N–H and O–H groups in total. The van der Waals surface area contributed by atoms with E-state index in [4.69, 9.17) is 0 Å². The highest BCUT2D eigenvalue weighted by Gasteiger charge is 2.21. The lowest BCUT2D eigenvalue weighted by Crippen LogP contribution is -2.41. The summed E-state index contributed by atoms with van der Waals surface area (Å²) in [7, 11) is 2.46. The molecule has 0 aromatic heterocycles. The van der Waals surface area contributed by atoms with Gasteiger partial charge in [0, 0.05) is 6.42 Å². The van der Waals surface area contributed by atoms with Crippen LogP contribution in [0.1, 0.15) is 6.42 Å². The highest BCUT2D eigenvalue weighted by Crippen LogP contribution is 2.11. The molecule has 14 heavy (non-hydrogen) atoms. The molecule has 1 atom stereocenters. The lowest BCUT2D eigenvalue weighted by atomic mass is 10.2. The van der Waals surface area contributed by atoms with Gasteiger partial charge in [0.1, 0.15) is 6.04 Å². The molecule has 0 rings (SSSR count). The van der Waals surface area contributed by atoms with E-state index >= 15 is 0 Å². The molecule has 0 aliphatic rings. The Bertz CT molecular complexity index is 241. The van der Waals surface area contributed by atoms with Crippen LogP contribution in [0.3, 0.4) is 0 Å². The van der Waals surface area contributed by atoms with E-state index in [0.29, 0.717) is 4.48 Å². The summed E-state index contributed by atoms with van der Waals surface area (Å²) < 4.78 is 9.43. The van der Waals surface area contributed by atoms with Gasteiger partial charge in [0.2, 0.25) is 0 Å². The molecule has 0 aromatic rings. The van der Waals surface area contributed by atoms with Crippen LogP contribution >= 0.6 is 15.9 Å². The van der Waals surface area contributed by atoms with Crippen molar-refractivity contribution in [2.75, 3.05) is 14.2 Å². The molecule has 0 aromatic carbocycles. The highest BCUT2D eigenvalue weighted by atomic mass is 79.9. The predicted octanol–water partition coefficient (Wildman–Crippen LogP) is 1.18. The predicted molar refractivity (Wildman–Crippen MR) is 54.0 cm³/mol. The first-order valence-electron chi connectivity index (χ1n) is 3.76. The molecule has 0 heterocycles. The molecular formula is C8H12BrNO4. The summed E-state index contributed by atoms with van der Waals surface area (Å²) in [6, 6.07) is -0.778. The van der Waals surface area contributed by atoms with Gasteiger partial charge in [-0.2, -0.15) is 0 Å². The second kappa shape index (κ2) is 6.42. The zero-order valence-corrected chi connectivity index (χ0v) is 9.59. The van der Waals surface area contributed by atoms with Crippen molar-refractivity contribution in [1.82, 2.24) is 5.32 Å². The Morgan fingerprint density at radius 2 is 2.00 bits per heavy atom. The number of hydrogen-bond acceptors (Lipinski definition) is 4. The van der Waals surface area contributed by atoms with Gasteiger partial charge in [-0.3, -0.25) is 0 Å². The van der Waals surface area contributed by atoms with Crippen LogP contribution in [0.2, 0.25) is 0 Å². The highest BCUT2D eigenvalue weighted by molar-refractivity contribution is 9.11. The van der Waals surface area contributed by atoms with Gasteiger partial charge >= 0.3 is 12.1 Å². The first-order chi connectivity index (χ1) is 6.51. The number of nitrogens with one attached hydrogen (secondary N) is 1. The first-order valence-corrected chi connectivity index (χ1v) is 4.56. The summed E-state index contributed by atoms with van der Waals surface area (Å²) in [6.07, 6.45) is -0.434. The number of amides is 1. The zero-order valence-electron chi connectivity index (χ0n) is 8.00. The minimum absolute atomic E-state index is 0.252. The van der Waals surface area contributed by atoms with E-state index in [0.717, 1.165) is 0 Å². The second-order valence-corrected chi connectivity index (χ2v) is 3.55. The van der Waals surface area contributed by atoms with Crippen LogP contribution < -0.4 is 5.32 Å². The van der Waals surface area contributed by atoms with Gasteiger partial charge in [-0.25, -0.2) is 9.59 Å². The Morgan fingerprint density at radius 1 is 1.43 bits per heavy atom. The Hall–Kier alpha value is -1.04. The number of hydrogen-bond donors (Lipinski definition) is 1. The largest absolute Gasteiger partial charge is 0.467 e. The van der Waals surface area contributed by atoms with Gasteiger partial charge < -0.3 is 14.8 Å². The summed E-state index contributed by atoms with van der Waals surface area (Å²) >= 11 is 3.09. The number of methoxy groups -OCH3 is 2. The number of halogens is 1. The van der Waals surface area contributed by atoms with Crippen molar-refractivity contribution in [3.8, 4) is 0 Å². The second-order valence-electron chi connectivity index (χ2n) is 2.43. The van der Waals surface area contributed by atoms with Gasteiger partial charge in [-0.1, -0.05) is 22.5 Å². The number of rotatable bonds is 4. The topological polar surface area (TPSA) is 64.6 Å². The normalized spacial score (nSPS) is 11.4. The summed E-state index contributed by atoms with van der Waals surface area (Å²) in [5.41, 5.74) is 0. The maximum absolute atomic E-state index is 11.1. The molecule has 0 radical (unpaired) electrons. The third-order valence-corrected chi connectivity index (χ3v) is 1.71. The van der Waals surface area contributed by atoms with Crippen LogP contribution in [-0.2, 0) is 14.3 Å². The van der Waals surface area contributed by atoms with E-state index in [2.05, 4.69) is 37.3 Å². The lowest BCUT2D eigenvalue weighted by Gasteiger charge is -2.14. The Balaban J connectivity index is 4.31. The molecule has 0 saturated heterocycles. The van der Waals surface area contributed by atoms with Gasteiger partial charge in [0.05, 0.1) is 14.2 Å². The third-order valence-electron chi connectivity index (χ3n) is 1.39. The van der Waals surface area contributed by atoms with Crippen LogP contribution in [0, 0.1) is 0 Å². The average Bonchev–Trinajstić information content (AvgIpc) is 2.14. The smallest absolute Gasteiger partial charge is 0.407 e. The molecule has 0 saturated carbocycles. The van der Waals surface area contributed by atoms with Crippen molar-refractivity contribution in [2.24, 2.45) is 0 Å². The van der Waals surface area contributed by atoms with E-state index in [1.807, 2.05) is 0 Å². The third kappa shape index (κ3) is 4.86. The van der Waals surface area contributed by atoms with Gasteiger partial charge in [0.25, 0.3) is 0 Å². The quantitative estimate of drug-likeness (QED) is 0.776. The zero-order chi connectivity index (χ0) is 11.1. The van der Waals surface area contributed by atoms with Crippen molar-refractivity contribution in [3.63, 3.8) is 0 Å². The number of alkyl carbamates (subject to hydrolysis) is 1. The molecule has 0 spiro atoms. The number of carbonyl (C=O) groups is 2. The number of carbonyl (C=O) groups excluding carboxylic acids is 2. The average molecular weight is 266 g/mol. The molecule has 1 amide bonds. The van der Waals surface area contributed by atoms with E-state index in [-0.39, 0.29) is 6.42 Å². The summed E-state index contributed by atoms with van der Waals surface area (Å²) in [5.74, 6) is -0.545. The maximum Gasteiger partial charge on any atom is 0.407 e. The Labute approximate surface area is 90.6 Å². The minimum atomic E-state index is -0.778. The lowest BCUT2D eigenvalue weighted by molar-refractivity contribution is -0.142. The molecule has 0 fully saturated rings. The molecule has 0 aliphatic carbocycles. The van der Waals surface area contributed by atoms with Crippen molar-refractivity contribution in [3.05, 3.63) is 11.1 Å². The summed E-state index contributed by atoms with van der Waals surface area (Å²) in [5, 5.41) is 2.32.